The number of nitrogens with one attached hydrogen (secondary N) is 2. The van der Waals surface area contributed by atoms with Gasteiger partial charge in [0, 0.05) is 47.3 Å². The Morgan fingerprint density at radius 2 is 1.92 bits per heavy atom. The molecule has 0 heterocycles. The Balaban J connectivity index is 0.00000121. The molecule has 0 fully saturated rings. The van der Waals surface area contributed by atoms with Crippen molar-refractivity contribution in [3.8, 4) is 0 Å². The molecule has 0 amide bonds. The first-order chi connectivity index (χ1) is 5.33. The number of benzene rings is 1. The minimum atomic E-state index is -0.267. The van der Waals surface area contributed by atoms with Crippen LogP contribution in [0.2, 0.25) is 0 Å². The molecule has 61 valence electrons. The fourth-order valence-corrected chi connectivity index (χ4v) is 0.657. The third kappa shape index (κ3) is 4.00. The Hall–Kier alpha value is -0.186. The molecule has 0 bridgehead atoms. The zero-order chi connectivity index (χ0) is 8.10. The van der Waals surface area contributed by atoms with Gasteiger partial charge in [-0.3, -0.25) is 0 Å². The summed E-state index contributed by atoms with van der Waals surface area (Å²) in [6.45, 7) is 0. The predicted octanol–water partition coefficient (Wildman–Crippen LogP) is 1.71. The van der Waals surface area contributed by atoms with Crippen molar-refractivity contribution in [2.45, 2.75) is 0 Å². The van der Waals surface area contributed by atoms with E-state index in [2.05, 4.69) is 4.99 Å². The number of hydrogen-bond acceptors (Lipinski definition) is 2. The first-order valence-corrected chi connectivity index (χ1v) is 3.08. The van der Waals surface area contributed by atoms with Crippen molar-refractivity contribution in [1.29, 1.82) is 0 Å². The van der Waals surface area contributed by atoms with E-state index in [0.717, 1.165) is 0 Å². The molecule has 1 rings (SSSR count). The van der Waals surface area contributed by atoms with E-state index in [0.29, 0.717) is 5.69 Å². The van der Waals surface area contributed by atoms with Gasteiger partial charge in [0.25, 0.3) is 0 Å². The molecule has 0 aliphatic heterocycles. The summed E-state index contributed by atoms with van der Waals surface area (Å²) in [7, 11) is 0. The average Bonchev–Trinajstić information content (AvgIpc) is 2.06. The molecule has 0 spiro atoms. The average molecular weight is 291 g/mol. The maximum Gasteiger partial charge on any atom is 0.0304 e. The van der Waals surface area contributed by atoms with Crippen molar-refractivity contribution in [2.24, 2.45) is 4.99 Å². The van der Waals surface area contributed by atoms with Gasteiger partial charge in [0.05, 0.1) is 0 Å². The van der Waals surface area contributed by atoms with Gasteiger partial charge in [0.2, 0.25) is 0 Å². The molecule has 0 unspecified atom stereocenters. The smallest absolute Gasteiger partial charge is 0.0304 e. The molecule has 4 nitrogen and oxygen atoms in total. The van der Waals surface area contributed by atoms with E-state index in [9.17, 15) is 0 Å². The van der Waals surface area contributed by atoms with Crippen molar-refractivity contribution >= 4 is 11.6 Å². The normalized spacial score (nSPS) is 10.2. The van der Waals surface area contributed by atoms with Crippen LogP contribution in [-0.2, 0) is 0 Å². The van der Waals surface area contributed by atoms with Gasteiger partial charge < -0.3 is 21.4 Å². The third-order valence-electron chi connectivity index (χ3n) is 1.10. The summed E-state index contributed by atoms with van der Waals surface area (Å²) < 4.78 is 0. The van der Waals surface area contributed by atoms with Crippen LogP contribution in [0.15, 0.2) is 35.3 Å². The van der Waals surface area contributed by atoms with E-state index in [1.54, 1.807) is 17.6 Å². The molecule has 1 radical (unpaired) electrons. The monoisotopic (exact) mass is 291 g/mol. The van der Waals surface area contributed by atoms with Crippen LogP contribution in [0.5, 0.6) is 0 Å². The number of nitrogens with zero attached hydrogens (tertiary/aromatic N) is 1. The van der Waals surface area contributed by atoms with E-state index in [4.69, 9.17) is 10.9 Å². The van der Waals surface area contributed by atoms with Gasteiger partial charge in [-0.1, -0.05) is 30.3 Å². The van der Waals surface area contributed by atoms with Crippen molar-refractivity contribution < 1.29 is 46.5 Å². The standard InChI is InChI=1S/C7H8N3O.Pr/c8-7(10-11)9-6-4-2-1-3-5-6;/h1-5H,(H3-,8,9,10,11);/q-1;. The molecule has 1 aromatic carbocycles. The first kappa shape index (κ1) is 11.8. The number of hydroxylamine groups is 1. The van der Waals surface area contributed by atoms with E-state index in [1.807, 2.05) is 18.2 Å². The van der Waals surface area contributed by atoms with Gasteiger partial charge >= 0.3 is 0 Å². The van der Waals surface area contributed by atoms with Gasteiger partial charge in [-0.25, -0.2) is 0 Å². The Bertz CT molecular complexity index is 250. The Kier molecular flexibility index (Phi) is 6.24. The van der Waals surface area contributed by atoms with Crippen molar-refractivity contribution in [3.63, 3.8) is 0 Å². The maximum atomic E-state index is 8.23. The number of hydrogen-bond donors (Lipinski definition) is 2. The van der Waals surface area contributed by atoms with Crippen molar-refractivity contribution in [3.05, 3.63) is 36.1 Å². The molecule has 0 atom stereocenters. The minimum absolute atomic E-state index is 0. The minimum Gasteiger partial charge on any atom is -0.410 e. The first-order valence-electron chi connectivity index (χ1n) is 3.08. The number of guanidine groups is 1. The van der Waals surface area contributed by atoms with E-state index in [-0.39, 0.29) is 47.3 Å². The van der Waals surface area contributed by atoms with Gasteiger partial charge in [-0.15, -0.1) is 0 Å². The van der Waals surface area contributed by atoms with Crippen LogP contribution in [0.25, 0.3) is 5.73 Å². The summed E-state index contributed by atoms with van der Waals surface area (Å²) in [5.74, 6) is -0.267. The second-order valence-electron chi connectivity index (χ2n) is 1.91. The summed E-state index contributed by atoms with van der Waals surface area (Å²) in [4.78, 5) is 3.70. The molecule has 0 saturated heterocycles. The Labute approximate surface area is 104 Å². The number of rotatable bonds is 1. The maximum absolute atomic E-state index is 8.23. The van der Waals surface area contributed by atoms with Crippen LogP contribution in [-0.4, -0.2) is 11.2 Å². The predicted molar refractivity (Wildman–Crippen MR) is 42.8 cm³/mol. The van der Waals surface area contributed by atoms with E-state index in [1.165, 1.54) is 0 Å². The van der Waals surface area contributed by atoms with Crippen LogP contribution in [0.1, 0.15) is 0 Å². The molecule has 0 aliphatic carbocycles. The summed E-state index contributed by atoms with van der Waals surface area (Å²) in [6, 6.07) is 8.96. The van der Waals surface area contributed by atoms with E-state index < -0.39 is 0 Å². The number of para-hydroxylation sites is 1. The zero-order valence-corrected chi connectivity index (χ0v) is 10.1. The van der Waals surface area contributed by atoms with Crippen LogP contribution in [0, 0.1) is 41.3 Å². The molecular formula is C7H8N3OPr-. The Morgan fingerprint density at radius 1 is 1.33 bits per heavy atom. The largest absolute Gasteiger partial charge is 0.410 e. The van der Waals surface area contributed by atoms with Gasteiger partial charge in [-0.05, 0) is 5.69 Å². The fraction of sp³-hybridized carbons (Fsp3) is 0. The molecule has 5 heteroatoms. The van der Waals surface area contributed by atoms with Crippen LogP contribution in [0.3, 0.4) is 0 Å². The second kappa shape index (κ2) is 6.34. The molecule has 1 aromatic rings. The second-order valence-corrected chi connectivity index (χ2v) is 1.91. The molecule has 3 N–H and O–H groups in total. The van der Waals surface area contributed by atoms with Gasteiger partial charge in [0.1, 0.15) is 0 Å². The number of aliphatic imine (C=N–C) groups is 1. The van der Waals surface area contributed by atoms with E-state index >= 15 is 0 Å². The quantitative estimate of drug-likeness (QED) is 0.470. The fourth-order valence-electron chi connectivity index (χ4n) is 0.657. The summed E-state index contributed by atoms with van der Waals surface area (Å²) in [5, 5.41) is 8.23. The van der Waals surface area contributed by atoms with Crippen molar-refractivity contribution in [2.75, 3.05) is 0 Å². The molecular weight excluding hydrogens is 283 g/mol. The summed E-state index contributed by atoms with van der Waals surface area (Å²) >= 11 is 0. The zero-order valence-electron chi connectivity index (χ0n) is 6.36. The Morgan fingerprint density at radius 3 is 2.42 bits per heavy atom. The SMILES string of the molecule is [NH-]C(=Nc1ccccc1)NO.[Pr]. The van der Waals surface area contributed by atoms with Crippen molar-refractivity contribution in [1.82, 2.24) is 5.48 Å². The molecule has 0 saturated carbocycles. The van der Waals surface area contributed by atoms with Gasteiger partial charge in [0.15, 0.2) is 0 Å². The topological polar surface area (TPSA) is 68.4 Å². The van der Waals surface area contributed by atoms with Crippen LogP contribution < -0.4 is 5.48 Å². The summed E-state index contributed by atoms with van der Waals surface area (Å²) in [6.07, 6.45) is 0. The van der Waals surface area contributed by atoms with Crippen LogP contribution >= 0.6 is 0 Å². The molecule has 12 heavy (non-hydrogen) atoms. The molecule has 0 aliphatic rings. The molecule has 0 aromatic heterocycles. The summed E-state index contributed by atoms with van der Waals surface area (Å²) in [5.41, 5.74) is 9.22. The van der Waals surface area contributed by atoms with Crippen LogP contribution in [0.4, 0.5) is 5.69 Å². The van der Waals surface area contributed by atoms with Gasteiger partial charge in [-0.2, -0.15) is 0 Å². The third-order valence-corrected chi connectivity index (χ3v) is 1.10.